The van der Waals surface area contributed by atoms with Gasteiger partial charge < -0.3 is 4.98 Å². The van der Waals surface area contributed by atoms with Crippen molar-refractivity contribution in [2.45, 2.75) is 0 Å². The van der Waals surface area contributed by atoms with Crippen LogP contribution in [0.5, 0.6) is 0 Å². The molecule has 0 spiro atoms. The minimum Gasteiger partial charge on any atom is -0.329 e. The summed E-state index contributed by atoms with van der Waals surface area (Å²) in [5, 5.41) is 8.90. The smallest absolute Gasteiger partial charge is 0.270 e. The molecule has 0 radical (unpaired) electrons. The molecule has 2 N–H and O–H groups in total. The Morgan fingerprint density at radius 1 is 1.38 bits per heavy atom. The van der Waals surface area contributed by atoms with E-state index in [0.717, 1.165) is 0 Å². The second kappa shape index (κ2) is 4.08. The van der Waals surface area contributed by atoms with Crippen LogP contribution in [0.15, 0.2) is 29.2 Å². The van der Waals surface area contributed by atoms with Crippen molar-refractivity contribution >= 4 is 12.2 Å². The minimum atomic E-state index is -0.507. The quantitative estimate of drug-likeness (QED) is 0.724. The van der Waals surface area contributed by atoms with Crippen molar-refractivity contribution in [2.24, 2.45) is 0 Å². The van der Waals surface area contributed by atoms with E-state index in [-0.39, 0.29) is 10.3 Å². The summed E-state index contributed by atoms with van der Waals surface area (Å²) in [6.07, 6.45) is 1.58. The van der Waals surface area contributed by atoms with Gasteiger partial charge in [-0.2, -0.15) is 5.26 Å². The predicted octanol–water partition coefficient (Wildman–Crippen LogP) is 1.37. The Morgan fingerprint density at radius 2 is 2.19 bits per heavy atom. The fourth-order valence-electron chi connectivity index (χ4n) is 1.30. The molecular weight excluding hydrogens is 224 g/mol. The van der Waals surface area contributed by atoms with Gasteiger partial charge in [-0.3, -0.25) is 14.8 Å². The molecule has 0 saturated carbocycles. The van der Waals surface area contributed by atoms with Crippen LogP contribution in [0.1, 0.15) is 5.56 Å². The third kappa shape index (κ3) is 1.76. The van der Waals surface area contributed by atoms with E-state index in [1.54, 1.807) is 24.4 Å². The van der Waals surface area contributed by atoms with Crippen LogP contribution in [0, 0.1) is 16.1 Å². The first-order valence-electron chi connectivity index (χ1n) is 4.40. The Labute approximate surface area is 95.4 Å². The van der Waals surface area contributed by atoms with E-state index in [2.05, 4.69) is 15.0 Å². The summed E-state index contributed by atoms with van der Waals surface area (Å²) in [7, 11) is 0. The zero-order chi connectivity index (χ0) is 11.5. The largest absolute Gasteiger partial charge is 0.329 e. The Balaban J connectivity index is 2.81. The number of pyridine rings is 1. The number of nitrogens with zero attached hydrogens (tertiary/aromatic N) is 2. The molecule has 5 nitrogen and oxygen atoms in total. The van der Waals surface area contributed by atoms with Crippen molar-refractivity contribution < 1.29 is 0 Å². The Bertz CT molecular complexity index is 666. The van der Waals surface area contributed by atoms with Gasteiger partial charge in [0.1, 0.15) is 11.6 Å². The number of nitriles is 1. The van der Waals surface area contributed by atoms with Crippen LogP contribution in [-0.2, 0) is 0 Å². The third-order valence-electron chi connectivity index (χ3n) is 1.98. The van der Waals surface area contributed by atoms with Gasteiger partial charge in [0.15, 0.2) is 4.77 Å². The monoisotopic (exact) mass is 230 g/mol. The second-order valence-corrected chi connectivity index (χ2v) is 3.39. The van der Waals surface area contributed by atoms with Gasteiger partial charge in [-0.1, -0.05) is 6.07 Å². The lowest BCUT2D eigenvalue weighted by molar-refractivity contribution is 1.07. The molecule has 0 amide bonds. The topological polar surface area (TPSA) is 85.3 Å². The number of hydrogen-bond acceptors (Lipinski definition) is 4. The van der Waals surface area contributed by atoms with Crippen molar-refractivity contribution in [1.82, 2.24) is 15.0 Å². The highest BCUT2D eigenvalue weighted by Gasteiger charge is 2.10. The first-order valence-corrected chi connectivity index (χ1v) is 4.81. The predicted molar refractivity (Wildman–Crippen MR) is 60.2 cm³/mol. The number of rotatable bonds is 1. The first kappa shape index (κ1) is 10.3. The molecule has 0 aliphatic carbocycles. The van der Waals surface area contributed by atoms with Gasteiger partial charge in [-0.15, -0.1) is 0 Å². The number of hydrogen-bond donors (Lipinski definition) is 2. The molecule has 78 valence electrons. The maximum absolute atomic E-state index is 11.5. The number of H-pyrrole nitrogens is 2. The van der Waals surface area contributed by atoms with Gasteiger partial charge in [0.2, 0.25) is 0 Å². The van der Waals surface area contributed by atoms with Gasteiger partial charge >= 0.3 is 0 Å². The summed E-state index contributed by atoms with van der Waals surface area (Å²) in [6, 6.07) is 7.04. The minimum absolute atomic E-state index is 0.0210. The number of nitrogens with one attached hydrogen (secondary N) is 2. The van der Waals surface area contributed by atoms with Gasteiger partial charge in [0, 0.05) is 6.20 Å². The van der Waals surface area contributed by atoms with E-state index in [1.807, 2.05) is 6.07 Å². The molecule has 16 heavy (non-hydrogen) atoms. The lowest BCUT2D eigenvalue weighted by Crippen LogP contribution is -2.13. The summed E-state index contributed by atoms with van der Waals surface area (Å²) in [5.74, 6) is 0. The summed E-state index contributed by atoms with van der Waals surface area (Å²) < 4.78 is 0.171. The van der Waals surface area contributed by atoms with Crippen LogP contribution in [-0.4, -0.2) is 15.0 Å². The molecule has 2 aromatic heterocycles. The van der Waals surface area contributed by atoms with E-state index in [9.17, 15) is 4.79 Å². The molecule has 0 aromatic carbocycles. The molecule has 0 atom stereocenters. The molecular formula is C10H6N4OS. The number of aromatic nitrogens is 3. The van der Waals surface area contributed by atoms with Crippen molar-refractivity contribution in [3.05, 3.63) is 45.1 Å². The van der Waals surface area contributed by atoms with E-state index in [4.69, 9.17) is 17.5 Å². The first-order chi connectivity index (χ1) is 7.72. The Hall–Kier alpha value is -2.26. The molecule has 6 heteroatoms. The van der Waals surface area contributed by atoms with Gasteiger partial charge in [-0.05, 0) is 24.4 Å². The maximum atomic E-state index is 11.5. The highest BCUT2D eigenvalue weighted by atomic mass is 32.1. The van der Waals surface area contributed by atoms with Gasteiger partial charge in [0.05, 0.1) is 11.4 Å². The average molecular weight is 230 g/mol. The Morgan fingerprint density at radius 3 is 2.81 bits per heavy atom. The lowest BCUT2D eigenvalue weighted by atomic mass is 10.2. The van der Waals surface area contributed by atoms with Crippen LogP contribution in [0.3, 0.4) is 0 Å². The fraction of sp³-hybridized carbons (Fsp3) is 0. The lowest BCUT2D eigenvalue weighted by Gasteiger charge is -2.01. The summed E-state index contributed by atoms with van der Waals surface area (Å²) >= 11 is 4.85. The van der Waals surface area contributed by atoms with E-state index in [0.29, 0.717) is 11.4 Å². The van der Waals surface area contributed by atoms with Crippen LogP contribution in [0.4, 0.5) is 0 Å². The average Bonchev–Trinajstić information content (AvgIpc) is 2.29. The molecule has 0 aliphatic heterocycles. The Kier molecular flexibility index (Phi) is 2.62. The van der Waals surface area contributed by atoms with E-state index in [1.165, 1.54) is 0 Å². The molecule has 2 aromatic rings. The highest BCUT2D eigenvalue weighted by molar-refractivity contribution is 7.71. The molecule has 0 aliphatic rings. The second-order valence-electron chi connectivity index (χ2n) is 2.99. The van der Waals surface area contributed by atoms with Crippen molar-refractivity contribution in [1.29, 1.82) is 5.26 Å². The van der Waals surface area contributed by atoms with Gasteiger partial charge in [-0.25, -0.2) is 0 Å². The van der Waals surface area contributed by atoms with Crippen LogP contribution in [0.25, 0.3) is 11.4 Å². The van der Waals surface area contributed by atoms with Crippen LogP contribution in [0.2, 0.25) is 0 Å². The normalized spacial score (nSPS) is 9.69. The highest BCUT2D eigenvalue weighted by Crippen LogP contribution is 2.14. The van der Waals surface area contributed by atoms with Crippen molar-refractivity contribution in [2.75, 3.05) is 0 Å². The van der Waals surface area contributed by atoms with Crippen LogP contribution >= 0.6 is 12.2 Å². The van der Waals surface area contributed by atoms with Crippen molar-refractivity contribution in [3.63, 3.8) is 0 Å². The van der Waals surface area contributed by atoms with Crippen molar-refractivity contribution in [3.8, 4) is 17.5 Å². The maximum Gasteiger partial charge on any atom is 0.270 e. The molecule has 0 fully saturated rings. The summed E-state index contributed by atoms with van der Waals surface area (Å²) in [4.78, 5) is 20.6. The summed E-state index contributed by atoms with van der Waals surface area (Å²) in [6.45, 7) is 0. The SMILES string of the molecule is N#Cc1c(-c2ccccn2)[nH]c(=S)[nH]c1=O. The zero-order valence-corrected chi connectivity index (χ0v) is 8.84. The zero-order valence-electron chi connectivity index (χ0n) is 8.02. The van der Waals surface area contributed by atoms with Gasteiger partial charge in [0.25, 0.3) is 5.56 Å². The van der Waals surface area contributed by atoms with Crippen LogP contribution < -0.4 is 5.56 Å². The van der Waals surface area contributed by atoms with E-state index < -0.39 is 5.56 Å². The molecule has 0 unspecified atom stereocenters. The fourth-order valence-corrected chi connectivity index (χ4v) is 1.49. The number of aromatic amines is 2. The molecule has 0 bridgehead atoms. The standard InChI is InChI=1S/C10H6N4OS/c11-5-6-8(7-3-1-2-4-12-7)13-10(16)14-9(6)15/h1-4H,(H2,13,14,15,16). The summed E-state index contributed by atoms with van der Waals surface area (Å²) in [5.41, 5.74) is 0.326. The molecule has 2 heterocycles. The van der Waals surface area contributed by atoms with E-state index >= 15 is 0 Å². The molecule has 2 rings (SSSR count). The molecule has 0 saturated heterocycles. The third-order valence-corrected chi connectivity index (χ3v) is 2.18.